The maximum absolute atomic E-state index is 13.6. The minimum atomic E-state index is -0.853. The number of aryl methyl sites for hydroxylation is 1. The van der Waals surface area contributed by atoms with Crippen molar-refractivity contribution >= 4 is 0 Å². The van der Waals surface area contributed by atoms with E-state index in [9.17, 15) is 8.78 Å². The largest absolute Gasteiger partial charge is 0.336 e. The Labute approximate surface area is 103 Å². The number of nitrogens with two attached hydrogens (primary N) is 1. The molecule has 3 N–H and O–H groups in total. The highest BCUT2D eigenvalue weighted by Gasteiger charge is 2.17. The smallest absolute Gasteiger partial charge is 0.162 e. The summed E-state index contributed by atoms with van der Waals surface area (Å²) >= 11 is 0. The zero-order valence-corrected chi connectivity index (χ0v) is 9.90. The average Bonchev–Trinajstić information content (AvgIpc) is 2.77. The molecule has 0 spiro atoms. The molecule has 0 aliphatic rings. The summed E-state index contributed by atoms with van der Waals surface area (Å²) in [5.74, 6) is 3.77. The summed E-state index contributed by atoms with van der Waals surface area (Å²) in [5.41, 5.74) is 3.67. The van der Waals surface area contributed by atoms with Crippen LogP contribution in [0.5, 0.6) is 0 Å². The first-order chi connectivity index (χ1) is 8.63. The highest BCUT2D eigenvalue weighted by atomic mass is 19.2. The van der Waals surface area contributed by atoms with Crippen LogP contribution in [-0.4, -0.2) is 9.55 Å². The molecule has 4 nitrogen and oxygen atoms in total. The number of hydrazine groups is 1. The third-order valence-corrected chi connectivity index (χ3v) is 2.87. The molecule has 0 saturated heterocycles. The predicted molar refractivity (Wildman–Crippen MR) is 63.3 cm³/mol. The summed E-state index contributed by atoms with van der Waals surface area (Å²) < 4.78 is 28.5. The number of halogens is 2. The number of nitrogens with zero attached hydrogens (tertiary/aromatic N) is 2. The van der Waals surface area contributed by atoms with E-state index in [4.69, 9.17) is 5.84 Å². The molecule has 0 amide bonds. The summed E-state index contributed by atoms with van der Waals surface area (Å²) in [5, 5.41) is 0. The van der Waals surface area contributed by atoms with Gasteiger partial charge in [-0.25, -0.2) is 13.8 Å². The Morgan fingerprint density at radius 3 is 2.83 bits per heavy atom. The molecule has 1 atom stereocenters. The van der Waals surface area contributed by atoms with Crippen molar-refractivity contribution in [2.45, 2.75) is 12.5 Å². The summed E-state index contributed by atoms with van der Waals surface area (Å²) in [7, 11) is 1.81. The quantitative estimate of drug-likeness (QED) is 0.639. The van der Waals surface area contributed by atoms with E-state index in [0.717, 1.165) is 11.8 Å². The zero-order chi connectivity index (χ0) is 13.1. The molecule has 1 unspecified atom stereocenters. The fourth-order valence-electron chi connectivity index (χ4n) is 1.88. The zero-order valence-electron chi connectivity index (χ0n) is 9.90. The Kier molecular flexibility index (Phi) is 3.69. The van der Waals surface area contributed by atoms with Crippen LogP contribution in [-0.2, 0) is 13.5 Å². The van der Waals surface area contributed by atoms with Crippen LogP contribution in [0.15, 0.2) is 30.7 Å². The maximum atomic E-state index is 13.6. The van der Waals surface area contributed by atoms with Crippen molar-refractivity contribution in [1.82, 2.24) is 15.0 Å². The molecule has 96 valence electrons. The van der Waals surface area contributed by atoms with Crippen LogP contribution in [0, 0.1) is 11.6 Å². The van der Waals surface area contributed by atoms with E-state index in [2.05, 4.69) is 10.4 Å². The van der Waals surface area contributed by atoms with Crippen LogP contribution in [0.2, 0.25) is 0 Å². The first-order valence-electron chi connectivity index (χ1n) is 5.48. The number of benzene rings is 1. The number of aromatic nitrogens is 2. The van der Waals surface area contributed by atoms with Gasteiger partial charge in [0.25, 0.3) is 0 Å². The van der Waals surface area contributed by atoms with Crippen molar-refractivity contribution in [2.75, 3.05) is 0 Å². The van der Waals surface area contributed by atoms with E-state index in [1.54, 1.807) is 23.2 Å². The molecule has 0 aliphatic heterocycles. The predicted octanol–water partition coefficient (Wildman–Crippen LogP) is 1.45. The lowest BCUT2D eigenvalue weighted by atomic mass is 10.0. The summed E-state index contributed by atoms with van der Waals surface area (Å²) in [6, 6.07) is 3.78. The molecule has 2 aromatic rings. The van der Waals surface area contributed by atoms with Crippen LogP contribution < -0.4 is 11.3 Å². The van der Waals surface area contributed by atoms with Crippen molar-refractivity contribution in [3.8, 4) is 0 Å². The summed E-state index contributed by atoms with van der Waals surface area (Å²) in [6.07, 6.45) is 3.52. The van der Waals surface area contributed by atoms with Gasteiger partial charge in [-0.1, -0.05) is 12.1 Å². The molecule has 1 aromatic heterocycles. The van der Waals surface area contributed by atoms with E-state index in [1.165, 1.54) is 6.07 Å². The van der Waals surface area contributed by atoms with Crippen molar-refractivity contribution < 1.29 is 8.78 Å². The van der Waals surface area contributed by atoms with Gasteiger partial charge >= 0.3 is 0 Å². The summed E-state index contributed by atoms with van der Waals surface area (Å²) in [4.78, 5) is 3.97. The van der Waals surface area contributed by atoms with E-state index in [0.29, 0.717) is 0 Å². The van der Waals surface area contributed by atoms with Gasteiger partial charge in [0, 0.05) is 13.2 Å². The van der Waals surface area contributed by atoms with Gasteiger partial charge in [0.1, 0.15) is 0 Å². The molecule has 1 aromatic carbocycles. The molecule has 6 heteroatoms. The van der Waals surface area contributed by atoms with Gasteiger partial charge in [0.05, 0.1) is 18.1 Å². The van der Waals surface area contributed by atoms with Gasteiger partial charge in [-0.3, -0.25) is 11.3 Å². The molecule has 1 heterocycles. The number of hydrogen-bond donors (Lipinski definition) is 2. The minimum absolute atomic E-state index is 0.250. The molecule has 18 heavy (non-hydrogen) atoms. The Bertz CT molecular complexity index is 539. The molecule has 0 radical (unpaired) electrons. The normalized spacial score (nSPS) is 12.7. The van der Waals surface area contributed by atoms with Gasteiger partial charge in [0.15, 0.2) is 11.6 Å². The highest BCUT2D eigenvalue weighted by molar-refractivity contribution is 5.22. The minimum Gasteiger partial charge on any atom is -0.336 e. The van der Waals surface area contributed by atoms with Crippen LogP contribution in [0.25, 0.3) is 0 Å². The molecule has 0 saturated carbocycles. The second-order valence-electron chi connectivity index (χ2n) is 4.07. The topological polar surface area (TPSA) is 55.9 Å². The van der Waals surface area contributed by atoms with E-state index >= 15 is 0 Å². The Morgan fingerprint density at radius 2 is 2.22 bits per heavy atom. The van der Waals surface area contributed by atoms with Gasteiger partial charge < -0.3 is 4.57 Å². The first kappa shape index (κ1) is 12.7. The molecule has 0 fully saturated rings. The van der Waals surface area contributed by atoms with Crippen LogP contribution >= 0.6 is 0 Å². The van der Waals surface area contributed by atoms with Crippen LogP contribution in [0.1, 0.15) is 17.3 Å². The second-order valence-corrected chi connectivity index (χ2v) is 4.07. The summed E-state index contributed by atoms with van der Waals surface area (Å²) in [6.45, 7) is 0. The molecular formula is C12H14F2N4. The Balaban J connectivity index is 2.26. The highest BCUT2D eigenvalue weighted by Crippen LogP contribution is 2.20. The molecular weight excluding hydrogens is 238 g/mol. The third-order valence-electron chi connectivity index (χ3n) is 2.87. The maximum Gasteiger partial charge on any atom is 0.162 e. The van der Waals surface area contributed by atoms with Crippen molar-refractivity contribution in [3.05, 3.63) is 53.6 Å². The first-order valence-corrected chi connectivity index (χ1v) is 5.48. The van der Waals surface area contributed by atoms with Gasteiger partial charge in [-0.05, 0) is 18.1 Å². The molecule has 0 bridgehead atoms. The van der Waals surface area contributed by atoms with Crippen LogP contribution in [0.3, 0.4) is 0 Å². The van der Waals surface area contributed by atoms with Gasteiger partial charge in [0.2, 0.25) is 0 Å². The van der Waals surface area contributed by atoms with E-state index in [-0.39, 0.29) is 18.0 Å². The average molecular weight is 252 g/mol. The van der Waals surface area contributed by atoms with Crippen molar-refractivity contribution in [2.24, 2.45) is 12.9 Å². The lowest BCUT2D eigenvalue weighted by Crippen LogP contribution is -2.31. The number of rotatable bonds is 4. The van der Waals surface area contributed by atoms with Gasteiger partial charge in [-0.2, -0.15) is 0 Å². The standard InChI is InChI=1S/C12H14F2N4/c1-18-7-16-6-11(18)10(17-15)5-8-3-2-4-9(13)12(8)14/h2-4,6-7,10,17H,5,15H2,1H3. The van der Waals surface area contributed by atoms with E-state index in [1.807, 2.05) is 7.05 Å². The second kappa shape index (κ2) is 5.24. The fourth-order valence-corrected chi connectivity index (χ4v) is 1.88. The number of hydrogen-bond acceptors (Lipinski definition) is 3. The fraction of sp³-hybridized carbons (Fsp3) is 0.250. The Hall–Kier alpha value is -1.79. The molecule has 2 rings (SSSR count). The lowest BCUT2D eigenvalue weighted by Gasteiger charge is -2.16. The van der Waals surface area contributed by atoms with Crippen molar-refractivity contribution in [1.29, 1.82) is 0 Å². The Morgan fingerprint density at radius 1 is 1.44 bits per heavy atom. The van der Waals surface area contributed by atoms with Crippen LogP contribution in [0.4, 0.5) is 8.78 Å². The number of imidazole rings is 1. The van der Waals surface area contributed by atoms with E-state index < -0.39 is 11.6 Å². The lowest BCUT2D eigenvalue weighted by molar-refractivity contribution is 0.473. The third kappa shape index (κ3) is 2.39. The monoisotopic (exact) mass is 252 g/mol. The number of nitrogens with one attached hydrogen (secondary N) is 1. The van der Waals surface area contributed by atoms with Crippen molar-refractivity contribution in [3.63, 3.8) is 0 Å². The SMILES string of the molecule is Cn1cncc1C(Cc1cccc(F)c1F)NN. The molecule has 0 aliphatic carbocycles. The van der Waals surface area contributed by atoms with Gasteiger partial charge in [-0.15, -0.1) is 0 Å².